The Morgan fingerprint density at radius 2 is 1.93 bits per heavy atom. The maximum atomic E-state index is 9.63. The lowest BCUT2D eigenvalue weighted by Crippen LogP contribution is -2.13. The van der Waals surface area contributed by atoms with Crippen LogP contribution in [0.5, 0.6) is 0 Å². The molecule has 0 amide bonds. The molecule has 2 atom stereocenters. The van der Waals surface area contributed by atoms with Crippen molar-refractivity contribution < 1.29 is 5.11 Å². The van der Waals surface area contributed by atoms with E-state index in [2.05, 4.69) is 17.8 Å². The Hall–Kier alpha value is -1.70. The molecule has 1 heteroatoms. The Bertz CT molecular complexity index is 375. The Morgan fingerprint density at radius 3 is 2.50 bits per heavy atom. The third-order valence-corrected chi connectivity index (χ3v) is 2.09. The predicted octanol–water partition coefficient (Wildman–Crippen LogP) is 1.79. The Morgan fingerprint density at radius 1 is 1.29 bits per heavy atom. The van der Waals surface area contributed by atoms with Gasteiger partial charge in [-0.05, 0) is 17.4 Å². The molecule has 0 saturated heterocycles. The molecule has 2 unspecified atom stereocenters. The number of rotatable bonds is 2. The molecule has 0 aliphatic carbocycles. The quantitative estimate of drug-likeness (QED) is 0.695. The summed E-state index contributed by atoms with van der Waals surface area (Å²) in [4.78, 5) is 0. The molecule has 1 N–H and O–H groups in total. The van der Waals surface area contributed by atoms with Gasteiger partial charge in [0.05, 0.1) is 0 Å². The van der Waals surface area contributed by atoms with Crippen LogP contribution in [0.1, 0.15) is 18.4 Å². The third kappa shape index (κ3) is 2.66. The van der Waals surface area contributed by atoms with E-state index in [4.69, 9.17) is 6.42 Å². The van der Waals surface area contributed by atoms with E-state index in [1.165, 1.54) is 0 Å². The van der Waals surface area contributed by atoms with Crippen LogP contribution in [-0.4, -0.2) is 11.2 Å². The summed E-state index contributed by atoms with van der Waals surface area (Å²) in [5.74, 6) is 7.19. The summed E-state index contributed by atoms with van der Waals surface area (Å²) in [7, 11) is 0. The van der Waals surface area contributed by atoms with Crippen molar-refractivity contribution in [1.29, 1.82) is 0 Å². The molecular weight excluding hydrogens is 172 g/mol. The maximum Gasteiger partial charge on any atom is 0.122 e. The van der Waals surface area contributed by atoms with E-state index >= 15 is 0 Å². The summed E-state index contributed by atoms with van der Waals surface area (Å²) in [5.41, 5.74) is 1.06. The fourth-order valence-electron chi connectivity index (χ4n) is 1.18. The van der Waals surface area contributed by atoms with E-state index in [-0.39, 0.29) is 5.92 Å². The highest BCUT2D eigenvalue weighted by molar-refractivity contribution is 5.28. The molecule has 70 valence electrons. The topological polar surface area (TPSA) is 20.2 Å². The zero-order chi connectivity index (χ0) is 10.4. The van der Waals surface area contributed by atoms with Crippen molar-refractivity contribution in [3.63, 3.8) is 0 Å². The van der Waals surface area contributed by atoms with Crippen molar-refractivity contribution in [3.05, 3.63) is 35.9 Å². The van der Waals surface area contributed by atoms with Crippen LogP contribution in [0.25, 0.3) is 0 Å². The summed E-state index contributed by atoms with van der Waals surface area (Å²) < 4.78 is 0. The van der Waals surface area contributed by atoms with Gasteiger partial charge in [0.1, 0.15) is 6.10 Å². The standard InChI is InChI=1S/C13H12O/c1-3-4-10-13(14)11(2)12-8-6-5-7-9-12/h1,5-9,11,13-14H,2H3. The van der Waals surface area contributed by atoms with Crippen LogP contribution in [0, 0.1) is 24.2 Å². The van der Waals surface area contributed by atoms with E-state index in [9.17, 15) is 5.11 Å². The highest BCUT2D eigenvalue weighted by Crippen LogP contribution is 2.17. The van der Waals surface area contributed by atoms with Crippen LogP contribution >= 0.6 is 0 Å². The molecule has 0 aliphatic heterocycles. The number of hydrogen-bond donors (Lipinski definition) is 1. The summed E-state index contributed by atoms with van der Waals surface area (Å²) >= 11 is 0. The second kappa shape index (κ2) is 5.12. The molecule has 0 radical (unpaired) electrons. The first-order valence-corrected chi connectivity index (χ1v) is 4.45. The second-order valence-corrected chi connectivity index (χ2v) is 3.06. The van der Waals surface area contributed by atoms with Crippen LogP contribution in [0.2, 0.25) is 0 Å². The lowest BCUT2D eigenvalue weighted by molar-refractivity contribution is 0.206. The van der Waals surface area contributed by atoms with Crippen LogP contribution in [0.15, 0.2) is 30.3 Å². The van der Waals surface area contributed by atoms with Gasteiger partial charge in [-0.15, -0.1) is 6.42 Å². The zero-order valence-corrected chi connectivity index (χ0v) is 8.07. The molecule has 0 saturated carbocycles. The number of aliphatic hydroxyl groups excluding tert-OH is 1. The predicted molar refractivity (Wildman–Crippen MR) is 57.5 cm³/mol. The van der Waals surface area contributed by atoms with Crippen molar-refractivity contribution in [3.8, 4) is 24.2 Å². The van der Waals surface area contributed by atoms with Crippen molar-refractivity contribution >= 4 is 0 Å². The SMILES string of the molecule is C#CC#CC(O)C(C)c1ccccc1. The lowest BCUT2D eigenvalue weighted by atomic mass is 9.96. The van der Waals surface area contributed by atoms with Gasteiger partial charge in [-0.1, -0.05) is 43.2 Å². The molecule has 14 heavy (non-hydrogen) atoms. The second-order valence-electron chi connectivity index (χ2n) is 3.06. The first-order chi connectivity index (χ1) is 6.75. The monoisotopic (exact) mass is 184 g/mol. The average molecular weight is 184 g/mol. The van der Waals surface area contributed by atoms with Gasteiger partial charge in [0.2, 0.25) is 0 Å². The number of benzene rings is 1. The van der Waals surface area contributed by atoms with E-state index < -0.39 is 6.10 Å². The molecule has 1 nitrogen and oxygen atoms in total. The van der Waals surface area contributed by atoms with Crippen LogP contribution in [0.3, 0.4) is 0 Å². The van der Waals surface area contributed by atoms with Gasteiger partial charge in [0.15, 0.2) is 0 Å². The Labute approximate surface area is 84.8 Å². The molecule has 1 aromatic rings. The number of aliphatic hydroxyl groups is 1. The molecule has 0 spiro atoms. The molecule has 0 aromatic heterocycles. The Balaban J connectivity index is 2.77. The third-order valence-electron chi connectivity index (χ3n) is 2.09. The fourth-order valence-corrected chi connectivity index (χ4v) is 1.18. The van der Waals surface area contributed by atoms with Crippen LogP contribution in [-0.2, 0) is 0 Å². The van der Waals surface area contributed by atoms with Crippen molar-refractivity contribution in [2.45, 2.75) is 18.9 Å². The summed E-state index contributed by atoms with van der Waals surface area (Å²) in [5, 5.41) is 9.63. The molecule has 1 aromatic carbocycles. The Kier molecular flexibility index (Phi) is 3.80. The largest absolute Gasteiger partial charge is 0.380 e. The minimum absolute atomic E-state index is 0.0166. The maximum absolute atomic E-state index is 9.63. The summed E-state index contributed by atoms with van der Waals surface area (Å²) in [6.45, 7) is 1.92. The van der Waals surface area contributed by atoms with E-state index in [0.717, 1.165) is 5.56 Å². The number of terminal acetylenes is 1. The van der Waals surface area contributed by atoms with E-state index in [1.807, 2.05) is 37.3 Å². The highest BCUT2D eigenvalue weighted by atomic mass is 16.3. The summed E-state index contributed by atoms with van der Waals surface area (Å²) in [6, 6.07) is 9.74. The minimum Gasteiger partial charge on any atom is -0.380 e. The van der Waals surface area contributed by atoms with Gasteiger partial charge in [-0.25, -0.2) is 0 Å². The molecule has 0 fully saturated rings. The summed E-state index contributed by atoms with van der Waals surface area (Å²) in [6.07, 6.45) is 4.28. The van der Waals surface area contributed by atoms with Crippen LogP contribution in [0.4, 0.5) is 0 Å². The van der Waals surface area contributed by atoms with Crippen molar-refractivity contribution in [2.24, 2.45) is 0 Å². The molecule has 0 aliphatic rings. The number of hydrogen-bond acceptors (Lipinski definition) is 1. The first kappa shape index (κ1) is 10.4. The van der Waals surface area contributed by atoms with Crippen molar-refractivity contribution in [1.82, 2.24) is 0 Å². The molecular formula is C13H12O. The van der Waals surface area contributed by atoms with Gasteiger partial charge < -0.3 is 5.11 Å². The van der Waals surface area contributed by atoms with Gasteiger partial charge >= 0.3 is 0 Å². The van der Waals surface area contributed by atoms with Gasteiger partial charge in [0.25, 0.3) is 0 Å². The van der Waals surface area contributed by atoms with Crippen molar-refractivity contribution in [2.75, 3.05) is 0 Å². The van der Waals surface area contributed by atoms with E-state index in [1.54, 1.807) is 0 Å². The van der Waals surface area contributed by atoms with Gasteiger partial charge in [0, 0.05) is 5.92 Å². The van der Waals surface area contributed by atoms with Gasteiger partial charge in [-0.2, -0.15) is 0 Å². The average Bonchev–Trinajstić information content (AvgIpc) is 2.26. The lowest BCUT2D eigenvalue weighted by Gasteiger charge is -2.13. The smallest absolute Gasteiger partial charge is 0.122 e. The highest BCUT2D eigenvalue weighted by Gasteiger charge is 2.12. The minimum atomic E-state index is -0.701. The molecule has 0 bridgehead atoms. The normalized spacial score (nSPS) is 13.2. The van der Waals surface area contributed by atoms with Crippen LogP contribution < -0.4 is 0 Å². The zero-order valence-electron chi connectivity index (χ0n) is 8.07. The van der Waals surface area contributed by atoms with Gasteiger partial charge in [-0.3, -0.25) is 0 Å². The first-order valence-electron chi connectivity index (χ1n) is 4.45. The molecule has 1 rings (SSSR count). The fraction of sp³-hybridized carbons (Fsp3) is 0.231. The molecule has 0 heterocycles. The van der Waals surface area contributed by atoms with E-state index in [0.29, 0.717) is 0 Å².